The van der Waals surface area contributed by atoms with Gasteiger partial charge in [0.1, 0.15) is 0 Å². The third-order valence-corrected chi connectivity index (χ3v) is 1.69. The van der Waals surface area contributed by atoms with Gasteiger partial charge in [-0.3, -0.25) is 0 Å². The first-order valence-electron chi connectivity index (χ1n) is 4.21. The van der Waals surface area contributed by atoms with Crippen LogP contribution in [0.5, 0.6) is 0 Å². The number of hydrogen-bond donors (Lipinski definition) is 1. The normalized spacial score (nSPS) is 13.1. The summed E-state index contributed by atoms with van der Waals surface area (Å²) in [5.41, 5.74) is 0. The van der Waals surface area contributed by atoms with E-state index < -0.39 is 18.0 Å². The molecule has 0 aliphatic carbocycles. The maximum atomic E-state index is 12.7. The van der Waals surface area contributed by atoms with Gasteiger partial charge in [-0.15, -0.1) is 0 Å². The third-order valence-electron chi connectivity index (χ3n) is 1.69. The number of hydrogen-bond acceptors (Lipinski definition) is 4. The Kier molecular flexibility index (Phi) is 3.46. The van der Waals surface area contributed by atoms with E-state index in [4.69, 9.17) is 0 Å². The second-order valence-corrected chi connectivity index (χ2v) is 2.94. The summed E-state index contributed by atoms with van der Waals surface area (Å²) in [7, 11) is 1.59. The topological polar surface area (TPSA) is 51.0 Å². The van der Waals surface area contributed by atoms with E-state index in [9.17, 15) is 22.0 Å². The fraction of sp³-hybridized carbons (Fsp3) is 0.714. The highest BCUT2D eigenvalue weighted by molar-refractivity contribution is 4.98. The lowest BCUT2D eigenvalue weighted by Gasteiger charge is -2.14. The van der Waals surface area contributed by atoms with Crippen molar-refractivity contribution in [3.8, 4) is 0 Å². The van der Waals surface area contributed by atoms with E-state index in [2.05, 4.69) is 20.0 Å². The molecule has 0 atom stereocenters. The standard InChI is InChI=1S/C7H8F5N3O/c1-13-3-2-4-14-5(16-15-4)6(8,9)7(10,11)12/h13H,2-3H2,1H3. The van der Waals surface area contributed by atoms with Crippen molar-refractivity contribution in [2.24, 2.45) is 0 Å². The number of halogens is 5. The number of aromatic nitrogens is 2. The molecule has 1 N–H and O–H groups in total. The summed E-state index contributed by atoms with van der Waals surface area (Å²) in [4.78, 5) is 3.00. The van der Waals surface area contributed by atoms with Gasteiger partial charge in [0.25, 0.3) is 0 Å². The molecule has 0 unspecified atom stereocenters. The lowest BCUT2D eigenvalue weighted by atomic mass is 10.3. The van der Waals surface area contributed by atoms with E-state index in [1.54, 1.807) is 7.05 Å². The van der Waals surface area contributed by atoms with Crippen LogP contribution in [-0.4, -0.2) is 29.9 Å². The van der Waals surface area contributed by atoms with Crippen molar-refractivity contribution in [1.29, 1.82) is 0 Å². The van der Waals surface area contributed by atoms with Crippen LogP contribution in [0, 0.1) is 0 Å². The summed E-state index contributed by atoms with van der Waals surface area (Å²) in [5, 5.41) is 5.69. The maximum absolute atomic E-state index is 12.7. The van der Waals surface area contributed by atoms with Crippen molar-refractivity contribution in [1.82, 2.24) is 15.5 Å². The van der Waals surface area contributed by atoms with Crippen molar-refractivity contribution in [3.05, 3.63) is 11.7 Å². The molecule has 0 aliphatic rings. The average molecular weight is 245 g/mol. The van der Waals surface area contributed by atoms with Gasteiger partial charge in [0.15, 0.2) is 5.82 Å². The number of rotatable bonds is 4. The first kappa shape index (κ1) is 12.8. The summed E-state index contributed by atoms with van der Waals surface area (Å²) in [6.45, 7) is 0.344. The Hall–Kier alpha value is -1.25. The molecule has 92 valence electrons. The van der Waals surface area contributed by atoms with Gasteiger partial charge in [-0.2, -0.15) is 26.9 Å². The van der Waals surface area contributed by atoms with Crippen molar-refractivity contribution >= 4 is 0 Å². The van der Waals surface area contributed by atoms with Gasteiger partial charge < -0.3 is 9.84 Å². The van der Waals surface area contributed by atoms with Crippen molar-refractivity contribution in [2.75, 3.05) is 13.6 Å². The van der Waals surface area contributed by atoms with E-state index in [1.807, 2.05) is 0 Å². The van der Waals surface area contributed by atoms with E-state index >= 15 is 0 Å². The Morgan fingerprint density at radius 1 is 1.25 bits per heavy atom. The van der Waals surface area contributed by atoms with Crippen LogP contribution in [0.4, 0.5) is 22.0 Å². The number of likely N-dealkylation sites (N-methyl/N-ethyl adjacent to an activating group) is 1. The van der Waals surface area contributed by atoms with Crippen molar-refractivity contribution in [2.45, 2.75) is 18.5 Å². The molecule has 0 saturated heterocycles. The average Bonchev–Trinajstić information content (AvgIpc) is 2.61. The molecule has 1 aromatic rings. The minimum atomic E-state index is -5.74. The molecule has 9 heteroatoms. The maximum Gasteiger partial charge on any atom is 0.463 e. The highest BCUT2D eigenvalue weighted by Crippen LogP contribution is 2.42. The summed E-state index contributed by atoms with van der Waals surface area (Å²) >= 11 is 0. The minimum Gasteiger partial charge on any atom is -0.332 e. The number of nitrogens with one attached hydrogen (secondary N) is 1. The molecule has 0 spiro atoms. The van der Waals surface area contributed by atoms with Crippen molar-refractivity contribution in [3.63, 3.8) is 0 Å². The smallest absolute Gasteiger partial charge is 0.332 e. The second-order valence-electron chi connectivity index (χ2n) is 2.94. The highest BCUT2D eigenvalue weighted by Gasteiger charge is 2.63. The molecule has 4 nitrogen and oxygen atoms in total. The molecule has 1 rings (SSSR count). The van der Waals surface area contributed by atoms with Crippen LogP contribution in [0.1, 0.15) is 11.7 Å². The van der Waals surface area contributed by atoms with Crippen LogP contribution in [-0.2, 0) is 12.3 Å². The molecular weight excluding hydrogens is 237 g/mol. The Morgan fingerprint density at radius 3 is 2.38 bits per heavy atom. The van der Waals surface area contributed by atoms with E-state index in [1.165, 1.54) is 0 Å². The second kappa shape index (κ2) is 4.32. The van der Waals surface area contributed by atoms with Crippen LogP contribution in [0.15, 0.2) is 4.52 Å². The zero-order valence-electron chi connectivity index (χ0n) is 8.11. The monoisotopic (exact) mass is 245 g/mol. The van der Waals surface area contributed by atoms with Gasteiger partial charge >= 0.3 is 18.0 Å². The quantitative estimate of drug-likeness (QED) is 0.816. The molecule has 0 radical (unpaired) electrons. The molecule has 0 saturated carbocycles. The summed E-state index contributed by atoms with van der Waals surface area (Å²) in [6.07, 6.45) is -5.63. The predicted octanol–water partition coefficient (Wildman–Crippen LogP) is 1.49. The van der Waals surface area contributed by atoms with E-state index in [0.29, 0.717) is 6.54 Å². The summed E-state index contributed by atoms with van der Waals surface area (Å²) in [6, 6.07) is 0. The Labute approximate surface area is 86.8 Å². The van der Waals surface area contributed by atoms with Gasteiger partial charge in [0.05, 0.1) is 0 Å². The van der Waals surface area contributed by atoms with Gasteiger partial charge in [-0.25, -0.2) is 0 Å². The summed E-state index contributed by atoms with van der Waals surface area (Å²) < 4.78 is 64.9. The molecule has 1 aromatic heterocycles. The van der Waals surface area contributed by atoms with Gasteiger partial charge in [-0.1, -0.05) is 5.16 Å². The first-order chi connectivity index (χ1) is 7.29. The zero-order chi connectivity index (χ0) is 12.4. The molecule has 0 bridgehead atoms. The van der Waals surface area contributed by atoms with Crippen LogP contribution in [0.2, 0.25) is 0 Å². The van der Waals surface area contributed by atoms with Crippen LogP contribution < -0.4 is 5.32 Å². The molecule has 16 heavy (non-hydrogen) atoms. The molecule has 0 aromatic carbocycles. The largest absolute Gasteiger partial charge is 0.463 e. The van der Waals surface area contributed by atoms with Crippen molar-refractivity contribution < 1.29 is 26.5 Å². The number of alkyl halides is 5. The summed E-state index contributed by atoms with van der Waals surface area (Å²) in [5.74, 6) is -7.04. The first-order valence-corrected chi connectivity index (χ1v) is 4.21. The van der Waals surface area contributed by atoms with Crippen LogP contribution in [0.3, 0.4) is 0 Å². The fourth-order valence-electron chi connectivity index (χ4n) is 0.841. The molecule has 1 heterocycles. The van der Waals surface area contributed by atoms with Gasteiger partial charge in [0, 0.05) is 13.0 Å². The van der Waals surface area contributed by atoms with E-state index in [0.717, 1.165) is 0 Å². The molecule has 0 fully saturated rings. The Balaban J connectivity index is 2.85. The van der Waals surface area contributed by atoms with Crippen LogP contribution in [0.25, 0.3) is 0 Å². The van der Waals surface area contributed by atoms with E-state index in [-0.39, 0.29) is 12.2 Å². The van der Waals surface area contributed by atoms with Gasteiger partial charge in [0.2, 0.25) is 0 Å². The SMILES string of the molecule is CNCCc1noc(C(F)(F)C(F)(F)F)n1. The third kappa shape index (κ3) is 2.46. The highest BCUT2D eigenvalue weighted by atomic mass is 19.4. The minimum absolute atomic E-state index is 0.105. The van der Waals surface area contributed by atoms with Crippen LogP contribution >= 0.6 is 0 Å². The molecule has 0 amide bonds. The fourth-order valence-corrected chi connectivity index (χ4v) is 0.841. The Morgan fingerprint density at radius 2 is 1.88 bits per heavy atom. The molecule has 0 aliphatic heterocycles. The number of nitrogens with zero attached hydrogens (tertiary/aromatic N) is 2. The lowest BCUT2D eigenvalue weighted by molar-refractivity contribution is -0.298. The lowest BCUT2D eigenvalue weighted by Crippen LogP contribution is -2.34. The van der Waals surface area contributed by atoms with Gasteiger partial charge in [-0.05, 0) is 7.05 Å². The Bertz CT molecular complexity index is 348. The zero-order valence-corrected chi connectivity index (χ0v) is 8.11. The molecular formula is C7H8F5N3O. The predicted molar refractivity (Wildman–Crippen MR) is 41.9 cm³/mol.